The zero-order valence-electron chi connectivity index (χ0n) is 37.0. The number of terminal acetylenes is 1. The van der Waals surface area contributed by atoms with Gasteiger partial charge in [0, 0.05) is 18.3 Å². The third-order valence-electron chi connectivity index (χ3n) is 9.06. The van der Waals surface area contributed by atoms with Crippen molar-refractivity contribution in [1.29, 1.82) is 0 Å². The van der Waals surface area contributed by atoms with E-state index in [9.17, 15) is 23.9 Å². The molecule has 1 atom stereocenters. The van der Waals surface area contributed by atoms with Gasteiger partial charge in [-0.2, -0.15) is 5.10 Å². The van der Waals surface area contributed by atoms with Crippen LogP contribution in [0.5, 0.6) is 23.1 Å². The first-order chi connectivity index (χ1) is 31.6. The second kappa shape index (κ2) is 24.4. The minimum absolute atomic E-state index is 0.00801. The predicted molar refractivity (Wildman–Crippen MR) is 257 cm³/mol. The van der Waals surface area contributed by atoms with Crippen molar-refractivity contribution >= 4 is 81.5 Å². The smallest absolute Gasteiger partial charge is 0.378 e. The van der Waals surface area contributed by atoms with Crippen LogP contribution in [-0.4, -0.2) is 65.9 Å². The fraction of sp³-hybridized carbons (Fsp3) is 0.283. The molecule has 0 aliphatic carbocycles. The number of pyridine rings is 1. The lowest BCUT2D eigenvalue weighted by molar-refractivity contribution is -0.149. The molecule has 0 amide bonds. The quantitative estimate of drug-likeness (QED) is 0.0700. The first kappa shape index (κ1) is 54.0. The molecule has 6 aromatic rings. The largest absolute Gasteiger partial charge is 0.505 e. The summed E-state index contributed by atoms with van der Waals surface area (Å²) in [5.74, 6) is 0.442. The topological polar surface area (TPSA) is 170 Å². The highest BCUT2D eigenvalue weighted by Crippen LogP contribution is 2.39. The zero-order chi connectivity index (χ0) is 49.7. The van der Waals surface area contributed by atoms with Gasteiger partial charge in [0.2, 0.25) is 3.79 Å². The molecule has 3 aromatic carbocycles. The normalized spacial score (nSPS) is 11.2. The molecule has 0 bridgehead atoms. The summed E-state index contributed by atoms with van der Waals surface area (Å²) in [7, 11) is 1.61. The van der Waals surface area contributed by atoms with Crippen LogP contribution in [0.15, 0.2) is 71.7 Å². The van der Waals surface area contributed by atoms with E-state index in [1.807, 2.05) is 0 Å². The average molecular weight is 1040 g/mol. The summed E-state index contributed by atoms with van der Waals surface area (Å²) in [6, 6.07) is 16.1. The first-order valence-electron chi connectivity index (χ1n) is 20.1. The molecule has 0 saturated heterocycles. The van der Waals surface area contributed by atoms with Crippen molar-refractivity contribution in [2.75, 3.05) is 13.2 Å². The predicted octanol–water partition coefficient (Wildman–Crippen LogP) is 11.1. The molecule has 0 radical (unpaired) electrons. The van der Waals surface area contributed by atoms with Gasteiger partial charge in [-0.3, -0.25) is 4.79 Å². The van der Waals surface area contributed by atoms with Crippen molar-refractivity contribution in [2.45, 2.75) is 64.3 Å². The van der Waals surface area contributed by atoms with Gasteiger partial charge in [-0.1, -0.05) is 107 Å². The van der Waals surface area contributed by atoms with Crippen molar-refractivity contribution in [1.82, 2.24) is 29.5 Å². The molecule has 0 saturated carbocycles. The highest BCUT2D eigenvalue weighted by Gasteiger charge is 2.34. The molecule has 14 nitrogen and oxygen atoms in total. The van der Waals surface area contributed by atoms with E-state index < -0.39 is 27.7 Å². The number of carbonyl (C=O) groups excluding carboxylic acids is 2. The molecule has 3 heterocycles. The van der Waals surface area contributed by atoms with E-state index in [2.05, 4.69) is 59.0 Å². The van der Waals surface area contributed by atoms with Gasteiger partial charge in [-0.05, 0) is 106 Å². The lowest BCUT2D eigenvalue weighted by atomic mass is 9.90. The zero-order valence-corrected chi connectivity index (χ0v) is 41.5. The molecule has 1 N–H and O–H groups in total. The van der Waals surface area contributed by atoms with Gasteiger partial charge in [0.1, 0.15) is 17.2 Å². The van der Waals surface area contributed by atoms with E-state index >= 15 is 0 Å². The van der Waals surface area contributed by atoms with Crippen molar-refractivity contribution in [3.8, 4) is 52.3 Å². The van der Waals surface area contributed by atoms with E-state index in [0.29, 0.717) is 33.5 Å². The van der Waals surface area contributed by atoms with Crippen LogP contribution in [0.25, 0.3) is 16.8 Å². The van der Waals surface area contributed by atoms with Crippen LogP contribution in [-0.2, 0) is 38.0 Å². The fourth-order valence-electron chi connectivity index (χ4n) is 6.06. The number of ether oxygens (including phenoxy) is 4. The standard InChI is InChI=1S/C17H13ClFNO4.C17H22N2O2.C12H8Cl5N3O2/c1-3-8-22-17(21)11(2)23-13-4-6-14(7-5-13)24-16-15(19)9-12(18)10-20-16;1-6-12-8-10(3)9-13(7-2)14(12)15-16(20)11(4)18-19(5)17(15)21;1-2-22-10(21)9-18-11(12(15,16)17)20(19-9)8-4-3-6(13)5-7(8)14/h1,4-7,9-11H,8H2,2H3;8-9,20H,6-7H2,1-5H3;3-5H,2H2,1H3/t11-;;/m1../s1. The number of alkyl halides is 3. The van der Waals surface area contributed by atoms with Crippen molar-refractivity contribution in [2.24, 2.45) is 7.05 Å². The van der Waals surface area contributed by atoms with Gasteiger partial charge in [-0.25, -0.2) is 33.3 Å². The molecule has 6 rings (SSSR count). The first-order valence-corrected chi connectivity index (χ1v) is 22.3. The summed E-state index contributed by atoms with van der Waals surface area (Å²) < 4.78 is 34.5. The molecule has 0 spiro atoms. The van der Waals surface area contributed by atoms with Crippen molar-refractivity contribution in [3.05, 3.63) is 132 Å². The lowest BCUT2D eigenvalue weighted by Gasteiger charge is -2.17. The Balaban J connectivity index is 0.000000220. The van der Waals surface area contributed by atoms with E-state index in [1.165, 1.54) is 29.4 Å². The van der Waals surface area contributed by atoms with Gasteiger partial charge >= 0.3 is 11.9 Å². The van der Waals surface area contributed by atoms with Gasteiger partial charge in [-0.15, -0.1) is 11.5 Å². The minimum Gasteiger partial charge on any atom is -0.505 e. The van der Waals surface area contributed by atoms with Crippen LogP contribution >= 0.6 is 69.6 Å². The van der Waals surface area contributed by atoms with Gasteiger partial charge < -0.3 is 24.1 Å². The number of esters is 2. The van der Waals surface area contributed by atoms with Crippen molar-refractivity contribution < 1.29 is 38.0 Å². The monoisotopic (exact) mass is 1040 g/mol. The fourth-order valence-corrected chi connectivity index (χ4v) is 7.06. The lowest BCUT2D eigenvalue weighted by Crippen LogP contribution is -2.26. The molecule has 0 fully saturated rings. The van der Waals surface area contributed by atoms with Gasteiger partial charge in [0.05, 0.1) is 27.9 Å². The number of benzene rings is 3. The van der Waals surface area contributed by atoms with Gasteiger partial charge in [0.15, 0.2) is 30.1 Å². The Morgan fingerprint density at radius 1 is 0.896 bits per heavy atom. The summed E-state index contributed by atoms with van der Waals surface area (Å²) >= 11 is 35.2. The summed E-state index contributed by atoms with van der Waals surface area (Å²) in [6.07, 6.45) is 7.09. The molecule has 354 valence electrons. The summed E-state index contributed by atoms with van der Waals surface area (Å²) in [5.41, 5.74) is 5.16. The van der Waals surface area contributed by atoms with Crippen LogP contribution < -0.4 is 15.0 Å². The average Bonchev–Trinajstić information content (AvgIpc) is 3.74. The molecule has 0 aliphatic rings. The Morgan fingerprint density at radius 2 is 1.52 bits per heavy atom. The summed E-state index contributed by atoms with van der Waals surface area (Å²) in [5, 5.41) is 19.3. The molecule has 3 aromatic heterocycles. The third-order valence-corrected chi connectivity index (χ3v) is 10.3. The second-order valence-corrected chi connectivity index (χ2v) is 17.5. The highest BCUT2D eigenvalue weighted by molar-refractivity contribution is 6.66. The number of nitrogens with zero attached hydrogens (tertiary/aromatic N) is 6. The number of hydrogen-bond acceptors (Lipinski definition) is 12. The van der Waals surface area contributed by atoms with E-state index in [0.717, 1.165) is 40.3 Å². The molecule has 0 aliphatic heterocycles. The number of halogens is 7. The SMILES string of the molecule is C#CCOC(=O)[C@@H](C)Oc1ccc(Oc2ncc(Cl)cc2F)cc1.CCOC(=O)c1nc(C(Cl)(Cl)Cl)n(-c2ccc(Cl)cc2Cl)n1.CCc1cc(C)cc(CC)c1-c1c(O)c(C)nn(C)c1=O. The Hall–Kier alpha value is -5.60. The number of carbonyl (C=O) groups is 2. The number of hydrogen-bond donors (Lipinski definition) is 1. The highest BCUT2D eigenvalue weighted by atomic mass is 35.6. The maximum absolute atomic E-state index is 13.6. The van der Waals surface area contributed by atoms with E-state index in [4.69, 9.17) is 95.0 Å². The van der Waals surface area contributed by atoms with E-state index in [1.54, 1.807) is 57.3 Å². The van der Waals surface area contributed by atoms with E-state index in [-0.39, 0.29) is 52.1 Å². The number of aromatic hydroxyl groups is 1. The molecule has 67 heavy (non-hydrogen) atoms. The van der Waals surface area contributed by atoms with Crippen LogP contribution in [0.1, 0.15) is 66.5 Å². The Labute approximate surface area is 415 Å². The second-order valence-electron chi connectivity index (χ2n) is 14.0. The van der Waals surface area contributed by atoms with Crippen LogP contribution in [0.3, 0.4) is 0 Å². The van der Waals surface area contributed by atoms with Gasteiger partial charge in [0.25, 0.3) is 17.3 Å². The summed E-state index contributed by atoms with van der Waals surface area (Å²) in [4.78, 5) is 43.5. The minimum atomic E-state index is -1.92. The molecular weight excluding hydrogens is 996 g/mol. The maximum atomic E-state index is 13.6. The Bertz CT molecular complexity index is 2800. The summed E-state index contributed by atoms with van der Waals surface area (Å²) in [6.45, 7) is 11.1. The Kier molecular flexibility index (Phi) is 19.7. The van der Waals surface area contributed by atoms with Crippen LogP contribution in [0, 0.1) is 32.0 Å². The van der Waals surface area contributed by atoms with Crippen molar-refractivity contribution in [3.63, 3.8) is 0 Å². The van der Waals surface area contributed by atoms with Crippen LogP contribution in [0.2, 0.25) is 15.1 Å². The number of rotatable bonds is 12. The molecule has 0 unspecified atom stereocenters. The number of aryl methyl sites for hydroxylation is 5. The number of aromatic nitrogens is 6. The maximum Gasteiger partial charge on any atom is 0.378 e. The third kappa shape index (κ3) is 14.4. The Morgan fingerprint density at radius 3 is 2.07 bits per heavy atom. The van der Waals surface area contributed by atoms with Crippen LogP contribution in [0.4, 0.5) is 4.39 Å². The molecular formula is C46H43Cl6FN6O8. The molecule has 21 heteroatoms.